The molecule has 0 heterocycles. The molecule has 0 bridgehead atoms. The van der Waals surface area contributed by atoms with Gasteiger partial charge in [0.05, 0.1) is 4.47 Å². The molecule has 0 unspecified atom stereocenters. The predicted octanol–water partition coefficient (Wildman–Crippen LogP) is 2.32. The number of halogens is 3. The first kappa shape index (κ1) is 11.4. The van der Waals surface area contributed by atoms with Crippen molar-refractivity contribution in [1.82, 2.24) is 0 Å². The molecule has 0 radical (unpaired) electrons. The van der Waals surface area contributed by atoms with Gasteiger partial charge in [-0.25, -0.2) is 8.78 Å². The maximum absolute atomic E-state index is 13.2. The molecule has 0 aliphatic carbocycles. The molecule has 0 aliphatic rings. The van der Waals surface area contributed by atoms with Gasteiger partial charge < -0.3 is 10.8 Å². The lowest BCUT2D eigenvalue weighted by Gasteiger charge is -2.07. The topological polar surface area (TPSA) is 46.2 Å². The maximum Gasteiger partial charge on any atom is 0.165 e. The van der Waals surface area contributed by atoms with Crippen LogP contribution in [0.2, 0.25) is 0 Å². The van der Waals surface area contributed by atoms with E-state index >= 15 is 0 Å². The average molecular weight is 266 g/mol. The fourth-order valence-electron chi connectivity index (χ4n) is 1.14. The van der Waals surface area contributed by atoms with Crippen molar-refractivity contribution in [2.24, 2.45) is 5.73 Å². The summed E-state index contributed by atoms with van der Waals surface area (Å²) in [7, 11) is 0. The van der Waals surface area contributed by atoms with Crippen LogP contribution in [0.3, 0.4) is 0 Å². The quantitative estimate of drug-likeness (QED) is 0.825. The van der Waals surface area contributed by atoms with E-state index in [0.29, 0.717) is 13.0 Å². The second-order valence-corrected chi connectivity index (χ2v) is 3.73. The molecular formula is C9H10BrF2NO. The maximum atomic E-state index is 13.2. The molecule has 0 spiro atoms. The molecule has 0 aliphatic heterocycles. The van der Waals surface area contributed by atoms with Gasteiger partial charge in [-0.2, -0.15) is 0 Å². The van der Waals surface area contributed by atoms with Crippen LogP contribution in [0.1, 0.15) is 12.0 Å². The summed E-state index contributed by atoms with van der Waals surface area (Å²) < 4.78 is 26.2. The molecular weight excluding hydrogens is 256 g/mol. The van der Waals surface area contributed by atoms with E-state index in [1.54, 1.807) is 0 Å². The first-order chi connectivity index (χ1) is 6.57. The van der Waals surface area contributed by atoms with E-state index in [2.05, 4.69) is 15.9 Å². The van der Waals surface area contributed by atoms with Crippen molar-refractivity contribution >= 4 is 15.9 Å². The van der Waals surface area contributed by atoms with Crippen molar-refractivity contribution in [2.75, 3.05) is 6.54 Å². The van der Waals surface area contributed by atoms with Crippen LogP contribution in [0.5, 0.6) is 5.75 Å². The largest absolute Gasteiger partial charge is 0.506 e. The van der Waals surface area contributed by atoms with Crippen LogP contribution in [-0.2, 0) is 6.42 Å². The number of benzene rings is 1. The molecule has 1 rings (SSSR count). The molecule has 14 heavy (non-hydrogen) atoms. The summed E-state index contributed by atoms with van der Waals surface area (Å²) in [6, 6.07) is 0.899. The lowest BCUT2D eigenvalue weighted by Crippen LogP contribution is -2.03. The van der Waals surface area contributed by atoms with Gasteiger partial charge in [0.15, 0.2) is 11.6 Å². The monoisotopic (exact) mass is 265 g/mol. The lowest BCUT2D eigenvalue weighted by molar-refractivity contribution is 0.437. The van der Waals surface area contributed by atoms with Gasteiger partial charge in [0.1, 0.15) is 5.75 Å². The van der Waals surface area contributed by atoms with Crippen molar-refractivity contribution in [3.63, 3.8) is 0 Å². The molecule has 1 aromatic carbocycles. The van der Waals surface area contributed by atoms with Crippen LogP contribution < -0.4 is 5.73 Å². The molecule has 0 atom stereocenters. The number of phenolic OH excluding ortho intramolecular Hbond substituents is 1. The SMILES string of the molecule is NCCCc1c(O)c(Br)cc(F)c1F. The Labute approximate surface area is 88.9 Å². The van der Waals surface area contributed by atoms with Crippen molar-refractivity contribution in [3.8, 4) is 5.75 Å². The molecule has 0 amide bonds. The van der Waals surface area contributed by atoms with Gasteiger partial charge in [-0.15, -0.1) is 0 Å². The smallest absolute Gasteiger partial charge is 0.165 e. The van der Waals surface area contributed by atoms with Gasteiger partial charge in [-0.3, -0.25) is 0 Å². The van der Waals surface area contributed by atoms with Crippen LogP contribution in [-0.4, -0.2) is 11.7 Å². The van der Waals surface area contributed by atoms with E-state index in [1.807, 2.05) is 0 Å². The third kappa shape index (κ3) is 2.22. The Hall–Kier alpha value is -0.680. The third-order valence-electron chi connectivity index (χ3n) is 1.87. The third-order valence-corrected chi connectivity index (χ3v) is 2.48. The number of aromatic hydroxyl groups is 1. The molecule has 5 heteroatoms. The first-order valence-corrected chi connectivity index (χ1v) is 4.92. The van der Waals surface area contributed by atoms with Crippen LogP contribution in [0.15, 0.2) is 10.5 Å². The Morgan fingerprint density at radius 2 is 2.07 bits per heavy atom. The van der Waals surface area contributed by atoms with Gasteiger partial charge in [0.25, 0.3) is 0 Å². The standard InChI is InChI=1S/C9H10BrF2NO/c10-6-4-7(11)8(12)5(9(6)14)2-1-3-13/h4,14H,1-3,13H2. The average Bonchev–Trinajstić information content (AvgIpc) is 2.15. The first-order valence-electron chi connectivity index (χ1n) is 4.13. The number of nitrogens with two attached hydrogens (primary N) is 1. The highest BCUT2D eigenvalue weighted by Gasteiger charge is 2.15. The van der Waals surface area contributed by atoms with E-state index in [4.69, 9.17) is 5.73 Å². The summed E-state index contributed by atoms with van der Waals surface area (Å²) in [4.78, 5) is 0. The van der Waals surface area contributed by atoms with E-state index in [9.17, 15) is 13.9 Å². The molecule has 1 aromatic rings. The van der Waals surface area contributed by atoms with E-state index in [-0.39, 0.29) is 22.2 Å². The van der Waals surface area contributed by atoms with Gasteiger partial charge in [-0.05, 0) is 41.4 Å². The predicted molar refractivity (Wildman–Crippen MR) is 53.1 cm³/mol. The summed E-state index contributed by atoms with van der Waals surface area (Å²) in [6.07, 6.45) is 0.727. The van der Waals surface area contributed by atoms with Crippen LogP contribution in [0.25, 0.3) is 0 Å². The van der Waals surface area contributed by atoms with E-state index < -0.39 is 11.6 Å². The van der Waals surface area contributed by atoms with Gasteiger partial charge in [0.2, 0.25) is 0 Å². The minimum atomic E-state index is -1.00. The highest BCUT2D eigenvalue weighted by atomic mass is 79.9. The molecule has 0 saturated carbocycles. The zero-order valence-electron chi connectivity index (χ0n) is 7.36. The number of hydrogen-bond acceptors (Lipinski definition) is 2. The minimum absolute atomic E-state index is 0.0256. The molecule has 0 fully saturated rings. The fourth-order valence-corrected chi connectivity index (χ4v) is 1.58. The normalized spacial score (nSPS) is 10.6. The van der Waals surface area contributed by atoms with E-state index in [1.165, 1.54) is 0 Å². The number of hydrogen-bond donors (Lipinski definition) is 2. The summed E-state index contributed by atoms with van der Waals surface area (Å²) >= 11 is 2.94. The van der Waals surface area contributed by atoms with Gasteiger partial charge >= 0.3 is 0 Å². The van der Waals surface area contributed by atoms with Crippen molar-refractivity contribution in [3.05, 3.63) is 27.7 Å². The Balaban J connectivity index is 3.11. The number of rotatable bonds is 3. The number of phenols is 1. The second kappa shape index (κ2) is 4.70. The lowest BCUT2D eigenvalue weighted by atomic mass is 10.1. The molecule has 78 valence electrons. The second-order valence-electron chi connectivity index (χ2n) is 2.87. The van der Waals surface area contributed by atoms with Crippen LogP contribution in [0, 0.1) is 11.6 Å². The fraction of sp³-hybridized carbons (Fsp3) is 0.333. The summed E-state index contributed by atoms with van der Waals surface area (Å²) in [6.45, 7) is 0.368. The Morgan fingerprint density at radius 1 is 1.43 bits per heavy atom. The van der Waals surface area contributed by atoms with Crippen molar-refractivity contribution in [2.45, 2.75) is 12.8 Å². The summed E-state index contributed by atoms with van der Waals surface area (Å²) in [5.74, 6) is -2.22. The van der Waals surface area contributed by atoms with Gasteiger partial charge in [-0.1, -0.05) is 0 Å². The summed E-state index contributed by atoms with van der Waals surface area (Å²) in [5, 5.41) is 9.44. The molecule has 0 aromatic heterocycles. The zero-order valence-corrected chi connectivity index (χ0v) is 8.94. The zero-order chi connectivity index (χ0) is 10.7. The van der Waals surface area contributed by atoms with Crippen molar-refractivity contribution < 1.29 is 13.9 Å². The van der Waals surface area contributed by atoms with Crippen LogP contribution >= 0.6 is 15.9 Å². The summed E-state index contributed by atoms with van der Waals surface area (Å²) in [5.41, 5.74) is 5.22. The van der Waals surface area contributed by atoms with E-state index in [0.717, 1.165) is 6.07 Å². The Morgan fingerprint density at radius 3 is 2.64 bits per heavy atom. The molecule has 3 N–H and O–H groups in total. The minimum Gasteiger partial charge on any atom is -0.506 e. The van der Waals surface area contributed by atoms with Gasteiger partial charge in [0, 0.05) is 5.56 Å². The highest BCUT2D eigenvalue weighted by Crippen LogP contribution is 2.32. The molecule has 2 nitrogen and oxygen atoms in total. The highest BCUT2D eigenvalue weighted by molar-refractivity contribution is 9.10. The van der Waals surface area contributed by atoms with Crippen LogP contribution in [0.4, 0.5) is 8.78 Å². The Kier molecular flexibility index (Phi) is 3.83. The molecule has 0 saturated heterocycles. The van der Waals surface area contributed by atoms with Crippen molar-refractivity contribution in [1.29, 1.82) is 0 Å². The Bertz CT molecular complexity index is 318.